The summed E-state index contributed by atoms with van der Waals surface area (Å²) in [6, 6.07) is 4.78. The molecule has 0 aliphatic carbocycles. The SMILES string of the molecule is CCC(C)(C)C(=O)OCCN(CCOC(=O)C(C)(C)CC)c1cc(NC(C)=O)c(/N=N/c2c(Br)cc([N+](=O)[O-])cc2[N+](=O)[O-])cc1OC. The molecule has 0 heterocycles. The Morgan fingerprint density at radius 2 is 1.44 bits per heavy atom. The van der Waals surface area contributed by atoms with E-state index in [0.29, 0.717) is 18.5 Å². The molecule has 1 amide bonds. The van der Waals surface area contributed by atoms with Crippen molar-refractivity contribution in [2.75, 3.05) is 43.6 Å². The van der Waals surface area contributed by atoms with Crippen LogP contribution in [0.15, 0.2) is 39.0 Å². The molecule has 1 N–H and O–H groups in total. The molecule has 2 aromatic rings. The van der Waals surface area contributed by atoms with Crippen LogP contribution in [0.1, 0.15) is 61.3 Å². The molecular weight excluding hydrogens is 696 g/mol. The summed E-state index contributed by atoms with van der Waals surface area (Å²) in [5.41, 5.74) is -2.27. The number of methoxy groups -OCH3 is 1. The Morgan fingerprint density at radius 3 is 1.88 bits per heavy atom. The molecule has 16 nitrogen and oxygen atoms in total. The second kappa shape index (κ2) is 16.9. The summed E-state index contributed by atoms with van der Waals surface area (Å²) >= 11 is 3.09. The summed E-state index contributed by atoms with van der Waals surface area (Å²) in [6.45, 7) is 12.4. The maximum atomic E-state index is 12.7. The van der Waals surface area contributed by atoms with Crippen LogP contribution in [-0.2, 0) is 23.9 Å². The predicted molar refractivity (Wildman–Crippen MR) is 181 cm³/mol. The van der Waals surface area contributed by atoms with E-state index in [-0.39, 0.29) is 65.5 Å². The smallest absolute Gasteiger partial charge is 0.311 e. The number of carbonyl (C=O) groups excluding carboxylic acids is 3. The molecule has 0 saturated carbocycles. The van der Waals surface area contributed by atoms with Gasteiger partial charge in [-0.05, 0) is 62.5 Å². The monoisotopic (exact) mass is 736 g/mol. The van der Waals surface area contributed by atoms with Crippen LogP contribution in [0.2, 0.25) is 0 Å². The molecule has 0 atom stereocenters. The van der Waals surface area contributed by atoms with Gasteiger partial charge in [-0.2, -0.15) is 0 Å². The molecule has 0 aliphatic heterocycles. The standard InChI is InChI=1S/C31H41BrN6O10/c1-9-30(4,5)28(40)47-13-11-36(12-14-48-29(41)31(6,7)10-2)24-17-22(33-19(3)39)23(18-26(24)46-8)34-35-27-21(32)15-20(37(42)43)16-25(27)38(44)45/h15-18H,9-14H2,1-8H3,(H,33,39)/b35-34+. The van der Waals surface area contributed by atoms with Gasteiger partial charge in [0.2, 0.25) is 5.91 Å². The molecule has 2 rings (SSSR count). The van der Waals surface area contributed by atoms with E-state index < -0.39 is 38.0 Å². The lowest BCUT2D eigenvalue weighted by Crippen LogP contribution is -2.35. The third kappa shape index (κ3) is 10.4. The zero-order valence-electron chi connectivity index (χ0n) is 28.2. The van der Waals surface area contributed by atoms with Gasteiger partial charge in [0.1, 0.15) is 24.7 Å². The zero-order chi connectivity index (χ0) is 36.4. The quantitative estimate of drug-likeness (QED) is 0.0732. The normalized spacial score (nSPS) is 11.6. The number of hydrogen-bond donors (Lipinski definition) is 1. The van der Waals surface area contributed by atoms with E-state index in [1.807, 2.05) is 13.8 Å². The second-order valence-electron chi connectivity index (χ2n) is 12.0. The maximum absolute atomic E-state index is 12.7. The molecule has 0 aromatic heterocycles. The number of hydrogen-bond acceptors (Lipinski definition) is 13. The summed E-state index contributed by atoms with van der Waals surface area (Å²) < 4.78 is 16.7. The molecule has 0 saturated heterocycles. The van der Waals surface area contributed by atoms with Crippen LogP contribution >= 0.6 is 15.9 Å². The lowest BCUT2D eigenvalue weighted by atomic mass is 9.91. The number of anilines is 2. The Bertz CT molecular complexity index is 1540. The number of nitrogens with one attached hydrogen (secondary N) is 1. The van der Waals surface area contributed by atoms with Crippen LogP contribution in [0.5, 0.6) is 5.75 Å². The summed E-state index contributed by atoms with van der Waals surface area (Å²) in [5, 5.41) is 33.7. The van der Waals surface area contributed by atoms with Gasteiger partial charge in [0.25, 0.3) is 5.69 Å². The van der Waals surface area contributed by atoms with Crippen molar-refractivity contribution in [2.24, 2.45) is 21.1 Å². The van der Waals surface area contributed by atoms with E-state index in [1.54, 1.807) is 32.6 Å². The van der Waals surface area contributed by atoms with E-state index in [2.05, 4.69) is 31.5 Å². The maximum Gasteiger partial charge on any atom is 0.311 e. The fourth-order valence-electron chi connectivity index (χ4n) is 3.89. The van der Waals surface area contributed by atoms with E-state index in [9.17, 15) is 34.6 Å². The van der Waals surface area contributed by atoms with E-state index in [4.69, 9.17) is 14.2 Å². The predicted octanol–water partition coefficient (Wildman–Crippen LogP) is 7.41. The van der Waals surface area contributed by atoms with Crippen molar-refractivity contribution >= 4 is 67.9 Å². The first kappa shape index (κ1) is 39.5. The molecule has 0 radical (unpaired) electrons. The number of rotatable bonds is 17. The largest absolute Gasteiger partial charge is 0.494 e. The van der Waals surface area contributed by atoms with Gasteiger partial charge in [-0.25, -0.2) is 0 Å². The van der Waals surface area contributed by atoms with E-state index in [1.165, 1.54) is 26.2 Å². The average molecular weight is 738 g/mol. The Balaban J connectivity index is 2.60. The first-order chi connectivity index (χ1) is 22.4. The zero-order valence-corrected chi connectivity index (χ0v) is 29.8. The number of azo groups is 1. The van der Waals surface area contributed by atoms with Gasteiger partial charge >= 0.3 is 17.6 Å². The minimum Gasteiger partial charge on any atom is -0.494 e. The first-order valence-corrected chi connectivity index (χ1v) is 15.8. The number of carbonyl (C=O) groups is 3. The Kier molecular flexibility index (Phi) is 13.9. The highest BCUT2D eigenvalue weighted by atomic mass is 79.9. The van der Waals surface area contributed by atoms with Crippen molar-refractivity contribution in [2.45, 2.75) is 61.3 Å². The van der Waals surface area contributed by atoms with Gasteiger partial charge in [-0.3, -0.25) is 34.6 Å². The second-order valence-corrected chi connectivity index (χ2v) is 12.8. The highest BCUT2D eigenvalue weighted by Crippen LogP contribution is 2.43. The lowest BCUT2D eigenvalue weighted by molar-refractivity contribution is -0.393. The molecule has 48 heavy (non-hydrogen) atoms. The summed E-state index contributed by atoms with van der Waals surface area (Å²) in [6.07, 6.45) is 1.14. The molecule has 0 unspecified atom stereocenters. The van der Waals surface area contributed by atoms with Gasteiger partial charge in [-0.15, -0.1) is 10.2 Å². The van der Waals surface area contributed by atoms with Gasteiger partial charge in [0.15, 0.2) is 5.69 Å². The van der Waals surface area contributed by atoms with Crippen LogP contribution in [0.3, 0.4) is 0 Å². The average Bonchev–Trinajstić information content (AvgIpc) is 3.02. The number of amides is 1. The summed E-state index contributed by atoms with van der Waals surface area (Å²) in [5.74, 6) is -0.998. The number of non-ortho nitro benzene ring substituents is 1. The minimum absolute atomic E-state index is 0.0193. The van der Waals surface area contributed by atoms with Crippen molar-refractivity contribution in [3.63, 3.8) is 0 Å². The number of nitro groups is 2. The molecule has 0 spiro atoms. The fraction of sp³-hybridized carbons (Fsp3) is 0.516. The summed E-state index contributed by atoms with van der Waals surface area (Å²) in [4.78, 5) is 60.6. The Hall–Kier alpha value is -4.67. The fourth-order valence-corrected chi connectivity index (χ4v) is 4.41. The van der Waals surface area contributed by atoms with Crippen LogP contribution in [0.25, 0.3) is 0 Å². The highest BCUT2D eigenvalue weighted by Gasteiger charge is 2.29. The van der Waals surface area contributed by atoms with Gasteiger partial charge in [0.05, 0.1) is 62.8 Å². The molecule has 0 aliphatic rings. The number of nitrogens with zero attached hydrogens (tertiary/aromatic N) is 5. The van der Waals surface area contributed by atoms with E-state index >= 15 is 0 Å². The van der Waals surface area contributed by atoms with Crippen molar-refractivity contribution < 1.29 is 38.4 Å². The number of ether oxygens (including phenoxy) is 3. The number of nitro benzene ring substituents is 2. The van der Waals surface area contributed by atoms with Crippen molar-refractivity contribution in [1.82, 2.24) is 0 Å². The highest BCUT2D eigenvalue weighted by molar-refractivity contribution is 9.10. The molecule has 262 valence electrons. The molecule has 0 bridgehead atoms. The Labute approximate surface area is 286 Å². The molecule has 2 aromatic carbocycles. The molecule has 17 heteroatoms. The van der Waals surface area contributed by atoms with Gasteiger partial charge in [0, 0.05) is 19.1 Å². The van der Waals surface area contributed by atoms with Crippen molar-refractivity contribution in [3.05, 3.63) is 49.0 Å². The molecule has 0 fully saturated rings. The molecular formula is C31H41BrN6O10. The van der Waals surface area contributed by atoms with Gasteiger partial charge < -0.3 is 24.4 Å². The number of esters is 2. The van der Waals surface area contributed by atoms with Crippen molar-refractivity contribution in [3.8, 4) is 5.75 Å². The third-order valence-electron chi connectivity index (χ3n) is 7.70. The van der Waals surface area contributed by atoms with E-state index in [0.717, 1.165) is 12.1 Å². The summed E-state index contributed by atoms with van der Waals surface area (Å²) in [7, 11) is 1.39. The Morgan fingerprint density at radius 1 is 0.896 bits per heavy atom. The number of benzene rings is 2. The van der Waals surface area contributed by atoms with Crippen LogP contribution in [-0.4, -0.2) is 61.1 Å². The number of halogens is 1. The van der Waals surface area contributed by atoms with Crippen molar-refractivity contribution in [1.29, 1.82) is 0 Å². The topological polar surface area (TPSA) is 205 Å². The van der Waals surface area contributed by atoms with Crippen LogP contribution in [0, 0.1) is 31.1 Å². The third-order valence-corrected chi connectivity index (χ3v) is 8.31. The van der Waals surface area contributed by atoms with Crippen LogP contribution < -0.4 is 15.0 Å². The van der Waals surface area contributed by atoms with Crippen LogP contribution in [0.4, 0.5) is 34.1 Å². The first-order valence-electron chi connectivity index (χ1n) is 15.0. The lowest BCUT2D eigenvalue weighted by Gasteiger charge is -2.29. The van der Waals surface area contributed by atoms with Gasteiger partial charge in [-0.1, -0.05) is 13.8 Å². The minimum atomic E-state index is -0.828.